The first-order chi connectivity index (χ1) is 6.29. The molecule has 0 bridgehead atoms. The highest BCUT2D eigenvalue weighted by molar-refractivity contribution is 4.76. The number of hydrogen-bond donors (Lipinski definition) is 0. The maximum absolute atomic E-state index is 5.66. The van der Waals surface area contributed by atoms with E-state index in [1.54, 1.807) is 0 Å². The fourth-order valence-electron chi connectivity index (χ4n) is 1.82. The van der Waals surface area contributed by atoms with Crippen LogP contribution in [0.5, 0.6) is 0 Å². The Bertz CT molecular complexity index is 131. The molecule has 1 aliphatic rings. The van der Waals surface area contributed by atoms with Gasteiger partial charge in [0, 0.05) is 6.04 Å². The summed E-state index contributed by atoms with van der Waals surface area (Å²) in [4.78, 5) is 2.40. The van der Waals surface area contributed by atoms with Crippen molar-refractivity contribution >= 4 is 0 Å². The number of nitrogens with zero attached hydrogens (tertiary/aromatic N) is 1. The lowest BCUT2D eigenvalue weighted by Gasteiger charge is -2.35. The summed E-state index contributed by atoms with van der Waals surface area (Å²) in [5.41, 5.74) is 0. The third-order valence-electron chi connectivity index (χ3n) is 2.77. The standard InChI is InChI=1S/C10H21NO2/c1-4-11(5-2)9(3)10-8-12-6-7-13-10/h9-10H,4-8H2,1-3H3. The Hall–Kier alpha value is -0.120. The molecule has 13 heavy (non-hydrogen) atoms. The second-order valence-corrected chi connectivity index (χ2v) is 3.45. The molecule has 0 amide bonds. The zero-order valence-corrected chi connectivity index (χ0v) is 8.95. The predicted molar refractivity (Wildman–Crippen MR) is 52.9 cm³/mol. The molecule has 1 fully saturated rings. The first-order valence-corrected chi connectivity index (χ1v) is 5.23. The molecular weight excluding hydrogens is 166 g/mol. The van der Waals surface area contributed by atoms with E-state index in [2.05, 4.69) is 25.7 Å². The highest BCUT2D eigenvalue weighted by Gasteiger charge is 2.24. The van der Waals surface area contributed by atoms with Gasteiger partial charge in [-0.2, -0.15) is 0 Å². The van der Waals surface area contributed by atoms with E-state index in [1.165, 1.54) is 0 Å². The van der Waals surface area contributed by atoms with E-state index in [-0.39, 0.29) is 6.10 Å². The normalized spacial score (nSPS) is 26.3. The summed E-state index contributed by atoms with van der Waals surface area (Å²) < 4.78 is 11.0. The molecule has 2 atom stereocenters. The zero-order chi connectivity index (χ0) is 9.68. The average Bonchev–Trinajstić information content (AvgIpc) is 2.21. The van der Waals surface area contributed by atoms with Crippen LogP contribution in [0.3, 0.4) is 0 Å². The van der Waals surface area contributed by atoms with E-state index in [4.69, 9.17) is 9.47 Å². The van der Waals surface area contributed by atoms with Gasteiger partial charge >= 0.3 is 0 Å². The van der Waals surface area contributed by atoms with Gasteiger partial charge < -0.3 is 9.47 Å². The molecule has 2 unspecified atom stereocenters. The number of rotatable bonds is 4. The van der Waals surface area contributed by atoms with Gasteiger partial charge in [-0.1, -0.05) is 13.8 Å². The first kappa shape index (κ1) is 11.0. The molecule has 0 aliphatic carbocycles. The van der Waals surface area contributed by atoms with E-state index in [1.807, 2.05) is 0 Å². The second kappa shape index (κ2) is 5.58. The van der Waals surface area contributed by atoms with Crippen molar-refractivity contribution in [3.8, 4) is 0 Å². The Morgan fingerprint density at radius 3 is 2.46 bits per heavy atom. The maximum Gasteiger partial charge on any atom is 0.0961 e. The molecule has 0 aromatic heterocycles. The van der Waals surface area contributed by atoms with Crippen molar-refractivity contribution < 1.29 is 9.47 Å². The molecule has 0 N–H and O–H groups in total. The maximum atomic E-state index is 5.66. The fraction of sp³-hybridized carbons (Fsp3) is 1.00. The summed E-state index contributed by atoms with van der Waals surface area (Å²) in [6, 6.07) is 0.468. The quantitative estimate of drug-likeness (QED) is 0.658. The van der Waals surface area contributed by atoms with Crippen molar-refractivity contribution in [1.82, 2.24) is 4.90 Å². The van der Waals surface area contributed by atoms with Crippen LogP contribution < -0.4 is 0 Å². The molecule has 0 radical (unpaired) electrons. The number of likely N-dealkylation sites (N-methyl/N-ethyl adjacent to an activating group) is 1. The molecule has 1 saturated heterocycles. The summed E-state index contributed by atoms with van der Waals surface area (Å²) in [5, 5.41) is 0. The van der Waals surface area contributed by atoms with E-state index in [0.29, 0.717) is 6.04 Å². The Labute approximate surface area is 81.0 Å². The predicted octanol–water partition coefficient (Wildman–Crippen LogP) is 1.13. The van der Waals surface area contributed by atoms with Gasteiger partial charge in [0.15, 0.2) is 0 Å². The van der Waals surface area contributed by atoms with E-state index < -0.39 is 0 Å². The summed E-state index contributed by atoms with van der Waals surface area (Å²) in [7, 11) is 0. The van der Waals surface area contributed by atoms with Crippen molar-refractivity contribution in [3.05, 3.63) is 0 Å². The minimum atomic E-state index is 0.258. The molecule has 3 nitrogen and oxygen atoms in total. The third-order valence-corrected chi connectivity index (χ3v) is 2.77. The van der Waals surface area contributed by atoms with Gasteiger partial charge in [0.2, 0.25) is 0 Å². The largest absolute Gasteiger partial charge is 0.376 e. The molecule has 1 aliphatic heterocycles. The highest BCUT2D eigenvalue weighted by Crippen LogP contribution is 2.11. The van der Waals surface area contributed by atoms with Crippen molar-refractivity contribution in [2.75, 3.05) is 32.9 Å². The zero-order valence-electron chi connectivity index (χ0n) is 8.95. The molecule has 0 saturated carbocycles. The van der Waals surface area contributed by atoms with Crippen LogP contribution in [0, 0.1) is 0 Å². The molecule has 1 heterocycles. The molecule has 1 rings (SSSR count). The molecule has 0 spiro atoms. The Balaban J connectivity index is 2.38. The van der Waals surface area contributed by atoms with Crippen LogP contribution in [0.15, 0.2) is 0 Å². The number of hydrogen-bond acceptors (Lipinski definition) is 3. The van der Waals surface area contributed by atoms with E-state index in [0.717, 1.165) is 32.9 Å². The van der Waals surface area contributed by atoms with Crippen LogP contribution in [-0.2, 0) is 9.47 Å². The van der Waals surface area contributed by atoms with Crippen LogP contribution in [0.2, 0.25) is 0 Å². The van der Waals surface area contributed by atoms with Gasteiger partial charge in [0.05, 0.1) is 25.9 Å². The van der Waals surface area contributed by atoms with Crippen LogP contribution in [0.1, 0.15) is 20.8 Å². The third kappa shape index (κ3) is 2.93. The van der Waals surface area contributed by atoms with E-state index in [9.17, 15) is 0 Å². The summed E-state index contributed by atoms with van der Waals surface area (Å²) >= 11 is 0. The fourth-order valence-corrected chi connectivity index (χ4v) is 1.82. The number of ether oxygens (including phenoxy) is 2. The van der Waals surface area contributed by atoms with Crippen molar-refractivity contribution in [2.24, 2.45) is 0 Å². The topological polar surface area (TPSA) is 21.7 Å². The molecule has 3 heteroatoms. The van der Waals surface area contributed by atoms with Gasteiger partial charge in [0.1, 0.15) is 0 Å². The van der Waals surface area contributed by atoms with Crippen LogP contribution in [0.25, 0.3) is 0 Å². The smallest absolute Gasteiger partial charge is 0.0961 e. The van der Waals surface area contributed by atoms with Crippen molar-refractivity contribution in [1.29, 1.82) is 0 Å². The van der Waals surface area contributed by atoms with Crippen LogP contribution >= 0.6 is 0 Å². The monoisotopic (exact) mass is 187 g/mol. The molecule has 0 aromatic carbocycles. The molecular formula is C10H21NO2. The van der Waals surface area contributed by atoms with Crippen molar-refractivity contribution in [2.45, 2.75) is 32.9 Å². The van der Waals surface area contributed by atoms with Crippen LogP contribution in [-0.4, -0.2) is 50.0 Å². The summed E-state index contributed by atoms with van der Waals surface area (Å²) in [6.07, 6.45) is 0.258. The lowest BCUT2D eigenvalue weighted by molar-refractivity contribution is -0.115. The first-order valence-electron chi connectivity index (χ1n) is 5.23. The Kier molecular flexibility index (Phi) is 4.70. The lowest BCUT2D eigenvalue weighted by atomic mass is 10.1. The SMILES string of the molecule is CCN(CC)C(C)C1COCCO1. The molecule has 78 valence electrons. The Morgan fingerprint density at radius 1 is 1.31 bits per heavy atom. The lowest BCUT2D eigenvalue weighted by Crippen LogP contribution is -2.47. The van der Waals surface area contributed by atoms with Crippen LogP contribution in [0.4, 0.5) is 0 Å². The van der Waals surface area contributed by atoms with Gasteiger partial charge in [-0.3, -0.25) is 4.90 Å². The summed E-state index contributed by atoms with van der Waals surface area (Å²) in [5.74, 6) is 0. The minimum Gasteiger partial charge on any atom is -0.376 e. The van der Waals surface area contributed by atoms with Crippen molar-refractivity contribution in [3.63, 3.8) is 0 Å². The minimum absolute atomic E-state index is 0.258. The van der Waals surface area contributed by atoms with Gasteiger partial charge in [0.25, 0.3) is 0 Å². The summed E-state index contributed by atoms with van der Waals surface area (Å²) in [6.45, 7) is 11.0. The van der Waals surface area contributed by atoms with Gasteiger partial charge in [-0.15, -0.1) is 0 Å². The highest BCUT2D eigenvalue weighted by atomic mass is 16.6. The van der Waals surface area contributed by atoms with E-state index >= 15 is 0 Å². The average molecular weight is 187 g/mol. The Morgan fingerprint density at radius 2 is 2.00 bits per heavy atom. The molecule has 0 aromatic rings. The van der Waals surface area contributed by atoms with Gasteiger partial charge in [-0.25, -0.2) is 0 Å². The second-order valence-electron chi connectivity index (χ2n) is 3.45. The van der Waals surface area contributed by atoms with Gasteiger partial charge in [-0.05, 0) is 20.0 Å².